The molecule has 3 rings (SSSR count). The van der Waals surface area contributed by atoms with E-state index in [1.54, 1.807) is 6.07 Å². The first-order valence-corrected chi connectivity index (χ1v) is 7.08. The molecule has 1 aliphatic rings. The molecule has 2 heterocycles. The molecular weight excluding hydrogens is 296 g/mol. The number of rotatable bonds is 3. The fourth-order valence-corrected chi connectivity index (χ4v) is 2.57. The van der Waals surface area contributed by atoms with E-state index in [1.165, 1.54) is 4.57 Å². The lowest BCUT2D eigenvalue weighted by molar-refractivity contribution is 0.171. The Hall–Kier alpha value is -1.95. The van der Waals surface area contributed by atoms with Crippen LogP contribution in [0.5, 0.6) is 11.5 Å². The lowest BCUT2D eigenvalue weighted by atomic mass is 10.1. The zero-order chi connectivity index (χ0) is 15.0. The summed E-state index contributed by atoms with van der Waals surface area (Å²) in [5, 5.41) is 4.28. The van der Waals surface area contributed by atoms with E-state index in [4.69, 9.17) is 25.6 Å². The molecule has 0 amide bonds. The molecule has 21 heavy (non-hydrogen) atoms. The van der Waals surface area contributed by atoms with E-state index in [-0.39, 0.29) is 5.92 Å². The summed E-state index contributed by atoms with van der Waals surface area (Å²) >= 11 is 6.20. The Labute approximate surface area is 126 Å². The molecule has 0 saturated heterocycles. The van der Waals surface area contributed by atoms with Gasteiger partial charge in [-0.2, -0.15) is 0 Å². The van der Waals surface area contributed by atoms with Gasteiger partial charge in [0.25, 0.3) is 0 Å². The van der Waals surface area contributed by atoms with Gasteiger partial charge in [-0.25, -0.2) is 4.79 Å². The van der Waals surface area contributed by atoms with E-state index in [0.29, 0.717) is 42.1 Å². The van der Waals surface area contributed by atoms with Gasteiger partial charge in [0.1, 0.15) is 13.2 Å². The Morgan fingerprint density at radius 2 is 2.10 bits per heavy atom. The molecule has 0 unspecified atom stereocenters. The van der Waals surface area contributed by atoms with Crippen LogP contribution < -0.4 is 15.2 Å². The van der Waals surface area contributed by atoms with Gasteiger partial charge in [0, 0.05) is 5.92 Å². The second kappa shape index (κ2) is 5.44. The van der Waals surface area contributed by atoms with Gasteiger partial charge in [0.2, 0.25) is 0 Å². The molecule has 0 bridgehead atoms. The van der Waals surface area contributed by atoms with Gasteiger partial charge in [0.05, 0.1) is 11.6 Å². The average Bonchev–Trinajstić information content (AvgIpc) is 2.80. The minimum absolute atomic E-state index is 0.0872. The smallest absolute Gasteiger partial charge is 0.441 e. The van der Waals surface area contributed by atoms with Crippen molar-refractivity contribution < 1.29 is 14.0 Å². The molecule has 0 spiro atoms. The third-order valence-corrected chi connectivity index (χ3v) is 3.51. The Bertz CT molecular complexity index is 720. The Balaban J connectivity index is 1.97. The monoisotopic (exact) mass is 310 g/mol. The Morgan fingerprint density at radius 3 is 2.86 bits per heavy atom. The van der Waals surface area contributed by atoms with E-state index in [1.807, 2.05) is 19.9 Å². The average molecular weight is 311 g/mol. The van der Waals surface area contributed by atoms with Crippen molar-refractivity contribution in [1.29, 1.82) is 0 Å². The van der Waals surface area contributed by atoms with E-state index in [9.17, 15) is 4.79 Å². The summed E-state index contributed by atoms with van der Waals surface area (Å²) in [4.78, 5) is 11.8. The summed E-state index contributed by atoms with van der Waals surface area (Å²) in [6.07, 6.45) is 0. The van der Waals surface area contributed by atoms with Crippen molar-refractivity contribution in [2.45, 2.75) is 26.3 Å². The summed E-state index contributed by atoms with van der Waals surface area (Å²) in [6.45, 7) is 5.19. The van der Waals surface area contributed by atoms with E-state index < -0.39 is 5.76 Å². The van der Waals surface area contributed by atoms with Gasteiger partial charge in [-0.1, -0.05) is 30.6 Å². The van der Waals surface area contributed by atoms with Crippen molar-refractivity contribution in [2.24, 2.45) is 0 Å². The fourth-order valence-electron chi connectivity index (χ4n) is 2.28. The zero-order valence-corrected chi connectivity index (χ0v) is 12.5. The zero-order valence-electron chi connectivity index (χ0n) is 11.8. The molecule has 0 atom stereocenters. The van der Waals surface area contributed by atoms with E-state index >= 15 is 0 Å². The maximum Gasteiger partial charge on any atom is 0.441 e. The van der Waals surface area contributed by atoms with Crippen LogP contribution in [-0.2, 0) is 6.54 Å². The van der Waals surface area contributed by atoms with Crippen LogP contribution in [0.15, 0.2) is 21.5 Å². The minimum Gasteiger partial charge on any atom is -0.486 e. The number of benzene rings is 1. The predicted octanol–water partition coefficient (Wildman–Crippen LogP) is 2.43. The number of hydrogen-bond donors (Lipinski definition) is 0. The molecule has 1 aliphatic heterocycles. The summed E-state index contributed by atoms with van der Waals surface area (Å²) < 4.78 is 17.2. The molecule has 1 aromatic carbocycles. The summed E-state index contributed by atoms with van der Waals surface area (Å²) in [5.74, 6) is 1.35. The lowest BCUT2D eigenvalue weighted by Gasteiger charge is -2.20. The van der Waals surface area contributed by atoms with Gasteiger partial charge >= 0.3 is 5.76 Å². The molecule has 0 aliphatic carbocycles. The first-order chi connectivity index (χ1) is 10.1. The van der Waals surface area contributed by atoms with Crippen LogP contribution >= 0.6 is 11.6 Å². The van der Waals surface area contributed by atoms with Crippen molar-refractivity contribution in [1.82, 2.24) is 9.72 Å². The number of fused-ring (bicyclic) bond motifs is 1. The molecule has 0 N–H and O–H groups in total. The third-order valence-electron chi connectivity index (χ3n) is 3.23. The first kappa shape index (κ1) is 14.0. The highest BCUT2D eigenvalue weighted by atomic mass is 35.5. The topological polar surface area (TPSA) is 66.5 Å². The molecule has 2 aromatic rings. The summed E-state index contributed by atoms with van der Waals surface area (Å²) in [6, 6.07) is 3.59. The highest BCUT2D eigenvalue weighted by Crippen LogP contribution is 2.38. The molecule has 6 nitrogen and oxygen atoms in total. The van der Waals surface area contributed by atoms with Crippen molar-refractivity contribution in [3.05, 3.63) is 39.1 Å². The highest BCUT2D eigenvalue weighted by molar-refractivity contribution is 6.32. The molecule has 0 radical (unpaired) electrons. The van der Waals surface area contributed by atoms with Gasteiger partial charge in [-0.3, -0.25) is 9.09 Å². The minimum atomic E-state index is -0.482. The Kier molecular flexibility index (Phi) is 3.63. The Morgan fingerprint density at radius 1 is 1.33 bits per heavy atom. The molecule has 112 valence electrons. The standard InChI is InChI=1S/C14H15ClN2O4/c1-8(2)13-16-21-14(18)17(13)7-9-5-10(15)12-11(6-9)19-3-4-20-12/h5-6,8H,3-4,7H2,1-2H3. The quantitative estimate of drug-likeness (QED) is 0.871. The second-order valence-electron chi connectivity index (χ2n) is 5.15. The molecular formula is C14H15ClN2O4. The first-order valence-electron chi connectivity index (χ1n) is 6.70. The van der Waals surface area contributed by atoms with E-state index in [2.05, 4.69) is 5.16 Å². The van der Waals surface area contributed by atoms with Gasteiger partial charge in [-0.15, -0.1) is 0 Å². The normalized spacial score (nSPS) is 13.7. The number of hydrogen-bond acceptors (Lipinski definition) is 5. The molecule has 7 heteroatoms. The van der Waals surface area contributed by atoms with Gasteiger partial charge < -0.3 is 9.47 Å². The van der Waals surface area contributed by atoms with Crippen molar-refractivity contribution in [2.75, 3.05) is 13.2 Å². The molecule has 0 saturated carbocycles. The van der Waals surface area contributed by atoms with Crippen LogP contribution in [0.2, 0.25) is 5.02 Å². The van der Waals surface area contributed by atoms with Crippen LogP contribution in [0.25, 0.3) is 0 Å². The third kappa shape index (κ3) is 2.63. The number of halogens is 1. The van der Waals surface area contributed by atoms with Crippen molar-refractivity contribution in [3.8, 4) is 11.5 Å². The number of aromatic nitrogens is 2. The number of nitrogens with zero attached hydrogens (tertiary/aromatic N) is 2. The maximum absolute atomic E-state index is 11.8. The lowest BCUT2D eigenvalue weighted by Crippen LogP contribution is -2.19. The predicted molar refractivity (Wildman–Crippen MR) is 76.4 cm³/mol. The van der Waals surface area contributed by atoms with Crippen LogP contribution in [0, 0.1) is 0 Å². The summed E-state index contributed by atoms with van der Waals surface area (Å²) in [7, 11) is 0. The molecule has 1 aromatic heterocycles. The van der Waals surface area contributed by atoms with Crippen LogP contribution in [0.4, 0.5) is 0 Å². The van der Waals surface area contributed by atoms with Crippen LogP contribution in [-0.4, -0.2) is 22.9 Å². The fraction of sp³-hybridized carbons (Fsp3) is 0.429. The van der Waals surface area contributed by atoms with Crippen molar-refractivity contribution >= 4 is 11.6 Å². The largest absolute Gasteiger partial charge is 0.486 e. The highest BCUT2D eigenvalue weighted by Gasteiger charge is 2.19. The summed E-state index contributed by atoms with van der Waals surface area (Å²) in [5.41, 5.74) is 0.830. The maximum atomic E-state index is 11.8. The van der Waals surface area contributed by atoms with Crippen LogP contribution in [0.1, 0.15) is 31.2 Å². The van der Waals surface area contributed by atoms with E-state index in [0.717, 1.165) is 5.56 Å². The van der Waals surface area contributed by atoms with Crippen LogP contribution in [0.3, 0.4) is 0 Å². The molecule has 0 fully saturated rings. The van der Waals surface area contributed by atoms with Crippen molar-refractivity contribution in [3.63, 3.8) is 0 Å². The van der Waals surface area contributed by atoms with Gasteiger partial charge in [0.15, 0.2) is 17.3 Å². The number of ether oxygens (including phenoxy) is 2. The second-order valence-corrected chi connectivity index (χ2v) is 5.56. The SMILES string of the molecule is CC(C)c1noc(=O)n1Cc1cc(Cl)c2c(c1)OCCO2. The van der Waals surface area contributed by atoms with Gasteiger partial charge in [-0.05, 0) is 17.7 Å².